The number of carbonyl (C=O) groups excluding carboxylic acids is 2. The van der Waals surface area contributed by atoms with Crippen molar-refractivity contribution in [3.05, 3.63) is 112 Å². The van der Waals surface area contributed by atoms with Crippen LogP contribution in [0.1, 0.15) is 23.6 Å². The second kappa shape index (κ2) is 10.6. The van der Waals surface area contributed by atoms with E-state index >= 15 is 0 Å². The van der Waals surface area contributed by atoms with Crippen molar-refractivity contribution < 1.29 is 19.2 Å². The SMILES string of the molecule is CC(=O)C(=Cc1cccc([N+](=O)[O-])c1)C(=O)OC=CCc1ccc(Cn2ccnc2)cc1. The van der Waals surface area contributed by atoms with Crippen molar-refractivity contribution in [1.29, 1.82) is 0 Å². The van der Waals surface area contributed by atoms with E-state index in [-0.39, 0.29) is 11.3 Å². The number of hydrogen-bond donors (Lipinski definition) is 0. The van der Waals surface area contributed by atoms with Gasteiger partial charge in [0.25, 0.3) is 5.69 Å². The molecule has 0 aliphatic heterocycles. The molecule has 0 radical (unpaired) electrons. The van der Waals surface area contributed by atoms with E-state index in [1.807, 2.05) is 35.0 Å². The van der Waals surface area contributed by atoms with E-state index in [2.05, 4.69) is 4.98 Å². The molecule has 3 rings (SSSR count). The highest BCUT2D eigenvalue weighted by atomic mass is 16.6. The molecule has 0 saturated heterocycles. The molecular weight excluding hydrogens is 410 g/mol. The molecule has 0 amide bonds. The lowest BCUT2D eigenvalue weighted by atomic mass is 10.1. The van der Waals surface area contributed by atoms with Crippen LogP contribution in [0.4, 0.5) is 5.69 Å². The average molecular weight is 431 g/mol. The predicted molar refractivity (Wildman–Crippen MR) is 118 cm³/mol. The fraction of sp³-hybridized carbons (Fsp3) is 0.125. The van der Waals surface area contributed by atoms with Crippen molar-refractivity contribution in [2.45, 2.75) is 19.9 Å². The Labute approximate surface area is 184 Å². The fourth-order valence-electron chi connectivity index (χ4n) is 2.93. The molecule has 1 aromatic heterocycles. The lowest BCUT2D eigenvalue weighted by Crippen LogP contribution is -2.11. The summed E-state index contributed by atoms with van der Waals surface area (Å²) < 4.78 is 7.05. The monoisotopic (exact) mass is 431 g/mol. The molecule has 0 saturated carbocycles. The molecule has 0 aliphatic rings. The summed E-state index contributed by atoms with van der Waals surface area (Å²) in [7, 11) is 0. The van der Waals surface area contributed by atoms with Crippen LogP contribution < -0.4 is 0 Å². The van der Waals surface area contributed by atoms with Crippen molar-refractivity contribution in [2.24, 2.45) is 0 Å². The molecule has 8 nitrogen and oxygen atoms in total. The minimum absolute atomic E-state index is 0.133. The summed E-state index contributed by atoms with van der Waals surface area (Å²) in [4.78, 5) is 38.6. The van der Waals surface area contributed by atoms with E-state index in [0.29, 0.717) is 12.0 Å². The zero-order chi connectivity index (χ0) is 22.9. The number of ether oxygens (including phenoxy) is 1. The highest BCUT2D eigenvalue weighted by Gasteiger charge is 2.16. The number of aromatic nitrogens is 2. The Morgan fingerprint density at radius 2 is 1.91 bits per heavy atom. The molecular formula is C24H21N3O5. The van der Waals surface area contributed by atoms with Gasteiger partial charge in [0, 0.05) is 31.1 Å². The highest BCUT2D eigenvalue weighted by molar-refractivity contribution is 6.19. The molecule has 0 N–H and O–H groups in total. The molecule has 0 spiro atoms. The summed E-state index contributed by atoms with van der Waals surface area (Å²) in [5, 5.41) is 10.9. The summed E-state index contributed by atoms with van der Waals surface area (Å²) in [6.07, 6.45) is 10.1. The molecule has 0 bridgehead atoms. The number of benzene rings is 2. The predicted octanol–water partition coefficient (Wildman–Crippen LogP) is 4.11. The van der Waals surface area contributed by atoms with Crippen LogP contribution in [0.3, 0.4) is 0 Å². The molecule has 0 atom stereocenters. The number of esters is 1. The normalized spacial score (nSPS) is 11.5. The number of Topliss-reactive ketones (excluding diaryl/α,β-unsaturated/α-hetero) is 1. The molecule has 0 aliphatic carbocycles. The summed E-state index contributed by atoms with van der Waals surface area (Å²) in [5.41, 5.74) is 2.20. The van der Waals surface area contributed by atoms with Crippen LogP contribution in [0.2, 0.25) is 0 Å². The number of hydrogen-bond acceptors (Lipinski definition) is 6. The van der Waals surface area contributed by atoms with Gasteiger partial charge >= 0.3 is 5.97 Å². The van der Waals surface area contributed by atoms with Crippen molar-refractivity contribution >= 4 is 23.5 Å². The Morgan fingerprint density at radius 1 is 1.16 bits per heavy atom. The molecule has 2 aromatic carbocycles. The van der Waals surface area contributed by atoms with Gasteiger partial charge in [0.1, 0.15) is 5.57 Å². The van der Waals surface area contributed by atoms with Gasteiger partial charge in [-0.05, 0) is 42.2 Å². The third-order valence-electron chi connectivity index (χ3n) is 4.56. The standard InChI is InChI=1S/C24H21N3O5/c1-18(28)23(15-21-4-2-6-22(14-21)27(30)31)24(29)32-13-3-5-19-7-9-20(10-8-19)16-26-12-11-25-17-26/h2-4,6-15,17H,5,16H2,1H3. The summed E-state index contributed by atoms with van der Waals surface area (Å²) in [6.45, 7) is 1.97. The molecule has 162 valence electrons. The molecule has 3 aromatic rings. The van der Waals surface area contributed by atoms with E-state index in [9.17, 15) is 19.7 Å². The summed E-state index contributed by atoms with van der Waals surface area (Å²) in [5.74, 6) is -1.32. The van der Waals surface area contributed by atoms with Gasteiger partial charge in [-0.25, -0.2) is 9.78 Å². The molecule has 1 heterocycles. The number of allylic oxidation sites excluding steroid dienone is 1. The quantitative estimate of drug-likeness (QED) is 0.0960. The number of nitro benzene ring substituents is 1. The molecule has 32 heavy (non-hydrogen) atoms. The molecule has 8 heteroatoms. The number of ketones is 1. The minimum Gasteiger partial charge on any atom is -0.431 e. The van der Waals surface area contributed by atoms with Gasteiger partial charge in [0.15, 0.2) is 5.78 Å². The van der Waals surface area contributed by atoms with E-state index in [1.165, 1.54) is 37.5 Å². The van der Waals surface area contributed by atoms with Crippen LogP contribution in [0, 0.1) is 10.1 Å². The van der Waals surface area contributed by atoms with Crippen LogP contribution in [-0.2, 0) is 27.3 Å². The average Bonchev–Trinajstić information content (AvgIpc) is 3.29. The van der Waals surface area contributed by atoms with Crippen LogP contribution in [0.5, 0.6) is 0 Å². The number of nitro groups is 1. The molecule has 0 unspecified atom stereocenters. The van der Waals surface area contributed by atoms with Crippen LogP contribution in [0.15, 0.2) is 85.2 Å². The van der Waals surface area contributed by atoms with Crippen molar-refractivity contribution in [1.82, 2.24) is 9.55 Å². The Hall–Kier alpha value is -4.33. The first-order valence-electron chi connectivity index (χ1n) is 9.79. The zero-order valence-corrected chi connectivity index (χ0v) is 17.4. The topological polar surface area (TPSA) is 104 Å². The van der Waals surface area contributed by atoms with Gasteiger partial charge in [-0.15, -0.1) is 0 Å². The van der Waals surface area contributed by atoms with Crippen LogP contribution >= 0.6 is 0 Å². The minimum atomic E-state index is -0.823. The largest absolute Gasteiger partial charge is 0.431 e. The van der Waals surface area contributed by atoms with Gasteiger partial charge in [-0.2, -0.15) is 0 Å². The van der Waals surface area contributed by atoms with E-state index in [1.54, 1.807) is 24.7 Å². The maximum Gasteiger partial charge on any atom is 0.346 e. The number of nitrogens with zero attached hydrogens (tertiary/aromatic N) is 3. The maximum atomic E-state index is 12.3. The Kier molecular flexibility index (Phi) is 7.42. The van der Waals surface area contributed by atoms with Gasteiger partial charge in [-0.1, -0.05) is 36.4 Å². The van der Waals surface area contributed by atoms with Crippen molar-refractivity contribution in [3.8, 4) is 0 Å². The van der Waals surface area contributed by atoms with Crippen molar-refractivity contribution in [3.63, 3.8) is 0 Å². The number of imidazole rings is 1. The maximum absolute atomic E-state index is 12.3. The Morgan fingerprint density at radius 3 is 2.56 bits per heavy atom. The zero-order valence-electron chi connectivity index (χ0n) is 17.4. The summed E-state index contributed by atoms with van der Waals surface area (Å²) in [6, 6.07) is 13.7. The lowest BCUT2D eigenvalue weighted by molar-refractivity contribution is -0.384. The van der Waals surface area contributed by atoms with Gasteiger partial charge in [0.05, 0.1) is 17.5 Å². The third-order valence-corrected chi connectivity index (χ3v) is 4.56. The second-order valence-corrected chi connectivity index (χ2v) is 7.00. The number of carbonyl (C=O) groups is 2. The van der Waals surface area contributed by atoms with E-state index in [4.69, 9.17) is 4.74 Å². The van der Waals surface area contributed by atoms with Gasteiger partial charge in [0.2, 0.25) is 0 Å². The van der Waals surface area contributed by atoms with Crippen LogP contribution in [0.25, 0.3) is 6.08 Å². The molecule has 0 fully saturated rings. The van der Waals surface area contributed by atoms with Crippen molar-refractivity contribution in [2.75, 3.05) is 0 Å². The first-order chi connectivity index (χ1) is 15.4. The van der Waals surface area contributed by atoms with E-state index < -0.39 is 16.7 Å². The first-order valence-corrected chi connectivity index (χ1v) is 9.79. The number of non-ortho nitro benzene ring substituents is 1. The third kappa shape index (κ3) is 6.33. The number of rotatable bonds is 9. The smallest absolute Gasteiger partial charge is 0.346 e. The Balaban J connectivity index is 1.58. The van der Waals surface area contributed by atoms with E-state index in [0.717, 1.165) is 17.7 Å². The Bertz CT molecular complexity index is 1160. The van der Waals surface area contributed by atoms with Crippen LogP contribution in [-0.4, -0.2) is 26.2 Å². The first kappa shape index (κ1) is 22.4. The second-order valence-electron chi connectivity index (χ2n) is 7.00. The highest BCUT2D eigenvalue weighted by Crippen LogP contribution is 2.17. The summed E-state index contributed by atoms with van der Waals surface area (Å²) >= 11 is 0. The van der Waals surface area contributed by atoms with Gasteiger partial charge in [-0.3, -0.25) is 14.9 Å². The fourth-order valence-corrected chi connectivity index (χ4v) is 2.93. The van der Waals surface area contributed by atoms with Gasteiger partial charge < -0.3 is 9.30 Å². The lowest BCUT2D eigenvalue weighted by Gasteiger charge is -2.04.